The van der Waals surface area contributed by atoms with Gasteiger partial charge in [0.2, 0.25) is 0 Å². The fraction of sp³-hybridized carbons (Fsp3) is 1.00. The van der Waals surface area contributed by atoms with Crippen molar-refractivity contribution in [3.05, 3.63) is 0 Å². The maximum absolute atomic E-state index is 4.92. The lowest BCUT2D eigenvalue weighted by molar-refractivity contribution is 0.440. The lowest BCUT2D eigenvalue weighted by Gasteiger charge is -1.85. The van der Waals surface area contributed by atoms with E-state index in [1.54, 1.807) is 7.11 Å². The first-order valence-corrected chi connectivity index (χ1v) is 3.98. The van der Waals surface area contributed by atoms with Crippen molar-refractivity contribution in [2.75, 3.05) is 7.11 Å². The summed E-state index contributed by atoms with van der Waals surface area (Å²) in [5, 5.41) is 0. The summed E-state index contributed by atoms with van der Waals surface area (Å²) in [7, 11) is 1.79. The van der Waals surface area contributed by atoms with Crippen LogP contribution in [0.4, 0.5) is 0 Å². The van der Waals surface area contributed by atoms with Crippen molar-refractivity contribution in [3.63, 3.8) is 0 Å². The molecule has 0 N–H and O–H groups in total. The van der Waals surface area contributed by atoms with E-state index in [4.69, 9.17) is 3.17 Å². The quantitative estimate of drug-likeness (QED) is 0.379. The molecule has 0 spiro atoms. The van der Waals surface area contributed by atoms with Gasteiger partial charge in [0, 0.05) is 0 Å². The zero-order valence-corrected chi connectivity index (χ0v) is 5.94. The van der Waals surface area contributed by atoms with E-state index in [0.29, 0.717) is 0 Å². The molecule has 0 saturated heterocycles. The molecule has 2 heteroatoms. The van der Waals surface area contributed by atoms with Gasteiger partial charge < -0.3 is 3.17 Å². The molecule has 0 fully saturated rings. The van der Waals surface area contributed by atoms with Crippen LogP contribution in [0.2, 0.25) is 4.55 Å². The maximum atomic E-state index is 4.92. The Morgan fingerprint density at radius 1 is 1.67 bits per heavy atom. The summed E-state index contributed by atoms with van der Waals surface area (Å²) in [4.78, 5) is 0. The Kier molecular flexibility index (Phi) is 6.42. The third-order valence-corrected chi connectivity index (χ3v) is 2.11. The van der Waals surface area contributed by atoms with Crippen LogP contribution in [0.3, 0.4) is 0 Å². The standard InChI is InChI=1S/C3H7.CH3O.Mg/c1-3-2;1-2;/h1,3H2,2H3;1H3;/q;-1;+1. The van der Waals surface area contributed by atoms with E-state index in [1.165, 1.54) is 11.0 Å². The molecule has 0 rings (SSSR count). The summed E-state index contributed by atoms with van der Waals surface area (Å²) >= 11 is -0.0783. The second-order valence-electron chi connectivity index (χ2n) is 1.35. The molecule has 0 saturated carbocycles. The highest BCUT2D eigenvalue weighted by molar-refractivity contribution is 6.26. The van der Waals surface area contributed by atoms with Crippen LogP contribution in [0.15, 0.2) is 0 Å². The van der Waals surface area contributed by atoms with E-state index in [2.05, 4.69) is 6.92 Å². The molecule has 0 unspecified atom stereocenters. The molecule has 0 aliphatic rings. The summed E-state index contributed by atoms with van der Waals surface area (Å²) in [5.41, 5.74) is 0. The minimum atomic E-state index is -0.0783. The van der Waals surface area contributed by atoms with Crippen molar-refractivity contribution in [1.82, 2.24) is 0 Å². The predicted molar refractivity (Wildman–Crippen MR) is 27.9 cm³/mol. The van der Waals surface area contributed by atoms with E-state index < -0.39 is 0 Å². The van der Waals surface area contributed by atoms with Gasteiger partial charge in [-0.25, -0.2) is 0 Å². The maximum Gasteiger partial charge on any atom is 0.565 e. The van der Waals surface area contributed by atoms with E-state index >= 15 is 0 Å². The van der Waals surface area contributed by atoms with Gasteiger partial charge in [-0.15, -0.1) is 4.55 Å². The molecule has 0 aromatic heterocycles. The van der Waals surface area contributed by atoms with Crippen LogP contribution >= 0.6 is 0 Å². The zero-order chi connectivity index (χ0) is 4.83. The molecular weight excluding hydrogens is 88.3 g/mol. The molecule has 0 aromatic rings. The molecule has 34 valence electrons. The normalized spacial score (nSPS) is 7.67. The predicted octanol–water partition coefficient (Wildman–Crippen LogP) is 1.08. The molecule has 1 nitrogen and oxygen atoms in total. The Balaban J connectivity index is 2.34. The van der Waals surface area contributed by atoms with Crippen molar-refractivity contribution in [2.45, 2.75) is 17.9 Å². The van der Waals surface area contributed by atoms with Crippen LogP contribution in [0.5, 0.6) is 0 Å². The average molecular weight is 98.4 g/mol. The summed E-state index contributed by atoms with van der Waals surface area (Å²) < 4.78 is 6.25. The molecule has 0 aliphatic heterocycles. The second-order valence-corrected chi connectivity index (χ2v) is 3.04. The highest BCUT2D eigenvalue weighted by atomic mass is 24.5. The Bertz CT molecular complexity index is 19.5. The van der Waals surface area contributed by atoms with Crippen molar-refractivity contribution >= 4 is 20.8 Å². The lowest BCUT2D eigenvalue weighted by atomic mass is 10.6. The number of hydrogen-bond donors (Lipinski definition) is 0. The third-order valence-electron chi connectivity index (χ3n) is 0.702. The molecule has 0 heterocycles. The largest absolute Gasteiger partial charge is 0.567 e. The van der Waals surface area contributed by atoms with Gasteiger partial charge in [-0.3, -0.25) is 0 Å². The van der Waals surface area contributed by atoms with Crippen molar-refractivity contribution in [3.8, 4) is 0 Å². The highest BCUT2D eigenvalue weighted by Crippen LogP contribution is 1.82. The number of rotatable bonds is 3. The third kappa shape index (κ3) is 4.73. The average Bonchev–Trinajstić information content (AvgIpc) is 1.61. The summed E-state index contributed by atoms with van der Waals surface area (Å²) in [5.74, 6) is 0. The molecule has 0 bridgehead atoms. The SMILES string of the molecule is CC[CH2][Mg][O]C. The summed E-state index contributed by atoms with van der Waals surface area (Å²) in [6.45, 7) is 2.19. The lowest BCUT2D eigenvalue weighted by Crippen LogP contribution is -1.89. The first-order valence-electron chi connectivity index (χ1n) is 2.40. The van der Waals surface area contributed by atoms with Gasteiger partial charge in [-0.2, -0.15) is 0 Å². The Morgan fingerprint density at radius 2 is 2.33 bits per heavy atom. The molecular formula is C4H10MgO. The van der Waals surface area contributed by atoms with Crippen LogP contribution in [-0.2, 0) is 3.17 Å². The van der Waals surface area contributed by atoms with E-state index in [1.807, 2.05) is 0 Å². The minimum Gasteiger partial charge on any atom is -0.567 e. The van der Waals surface area contributed by atoms with Gasteiger partial charge in [0.1, 0.15) is 0 Å². The molecule has 6 heavy (non-hydrogen) atoms. The van der Waals surface area contributed by atoms with Gasteiger partial charge in [-0.1, -0.05) is 13.3 Å². The molecule has 0 radical (unpaired) electrons. The molecule has 0 aromatic carbocycles. The first kappa shape index (κ1) is 6.73. The molecule has 0 atom stereocenters. The topological polar surface area (TPSA) is 9.23 Å². The van der Waals surface area contributed by atoms with Crippen LogP contribution in [0.1, 0.15) is 13.3 Å². The van der Waals surface area contributed by atoms with Crippen LogP contribution in [0, 0.1) is 0 Å². The van der Waals surface area contributed by atoms with Crippen LogP contribution < -0.4 is 0 Å². The van der Waals surface area contributed by atoms with Crippen molar-refractivity contribution < 1.29 is 3.17 Å². The van der Waals surface area contributed by atoms with Crippen LogP contribution in [0.25, 0.3) is 0 Å². The Hall–Kier alpha value is 0.726. The second kappa shape index (κ2) is 5.73. The summed E-state index contributed by atoms with van der Waals surface area (Å²) in [6.07, 6.45) is 1.29. The first-order chi connectivity index (χ1) is 2.91. The van der Waals surface area contributed by atoms with E-state index in [-0.39, 0.29) is 20.8 Å². The fourth-order valence-corrected chi connectivity index (χ4v) is 0.866. The van der Waals surface area contributed by atoms with Crippen molar-refractivity contribution in [2.24, 2.45) is 0 Å². The van der Waals surface area contributed by atoms with E-state index in [0.717, 1.165) is 0 Å². The van der Waals surface area contributed by atoms with E-state index in [9.17, 15) is 0 Å². The zero-order valence-electron chi connectivity index (χ0n) is 4.53. The number of hydrogen-bond acceptors (Lipinski definition) is 1. The van der Waals surface area contributed by atoms with Gasteiger partial charge in [0.15, 0.2) is 0 Å². The fourth-order valence-electron chi connectivity index (χ4n) is 0.289. The molecule has 0 aliphatic carbocycles. The van der Waals surface area contributed by atoms with Gasteiger partial charge >= 0.3 is 20.8 Å². The smallest absolute Gasteiger partial charge is 0.565 e. The van der Waals surface area contributed by atoms with Gasteiger partial charge in [0.25, 0.3) is 0 Å². The Labute approximate surface area is 49.3 Å². The Morgan fingerprint density at radius 3 is 2.50 bits per heavy atom. The van der Waals surface area contributed by atoms with Gasteiger partial charge in [-0.05, 0) is 7.11 Å². The highest BCUT2D eigenvalue weighted by Gasteiger charge is 1.87. The monoisotopic (exact) mass is 98.1 g/mol. The van der Waals surface area contributed by atoms with Crippen molar-refractivity contribution in [1.29, 1.82) is 0 Å². The summed E-state index contributed by atoms with van der Waals surface area (Å²) in [6, 6.07) is 0. The minimum absolute atomic E-state index is 0.0783. The molecule has 0 amide bonds. The van der Waals surface area contributed by atoms with Crippen LogP contribution in [-0.4, -0.2) is 27.9 Å². The van der Waals surface area contributed by atoms with Gasteiger partial charge in [0.05, 0.1) is 0 Å².